The number of nitro groups is 1. The van der Waals surface area contributed by atoms with Gasteiger partial charge >= 0.3 is 5.69 Å². The minimum absolute atomic E-state index is 0.350. The zero-order chi connectivity index (χ0) is 13.3. The zero-order valence-electron chi connectivity index (χ0n) is 8.86. The van der Waals surface area contributed by atoms with E-state index < -0.39 is 16.4 Å². The summed E-state index contributed by atoms with van der Waals surface area (Å²) in [6, 6.07) is 8.37. The Morgan fingerprint density at radius 2 is 1.83 bits per heavy atom. The molecule has 0 heterocycles. The van der Waals surface area contributed by atoms with Crippen LogP contribution in [0.2, 0.25) is 10.0 Å². The fourth-order valence-corrected chi connectivity index (χ4v) is 2.06. The largest absolute Gasteiger partial charge is 0.305 e. The van der Waals surface area contributed by atoms with Gasteiger partial charge in [-0.3, -0.25) is 10.1 Å². The molecule has 0 radical (unpaired) electrons. The van der Waals surface area contributed by atoms with Crippen LogP contribution in [0.25, 0.3) is 11.1 Å². The number of hydrogen-bond acceptors (Lipinski definition) is 2. The molecule has 0 aromatic heterocycles. The average Bonchev–Trinajstić information content (AvgIpc) is 2.30. The number of rotatable bonds is 2. The third-order valence-electron chi connectivity index (χ3n) is 2.38. The second-order valence-electron chi connectivity index (χ2n) is 3.55. The maximum Gasteiger partial charge on any atom is 0.305 e. The molecule has 0 saturated carbocycles. The maximum absolute atomic E-state index is 13.2. The zero-order valence-corrected chi connectivity index (χ0v) is 10.4. The van der Waals surface area contributed by atoms with Crippen LogP contribution in [0.1, 0.15) is 0 Å². The van der Waals surface area contributed by atoms with Gasteiger partial charge in [-0.15, -0.1) is 0 Å². The third kappa shape index (κ3) is 2.44. The van der Waals surface area contributed by atoms with Crippen LogP contribution in [0.5, 0.6) is 0 Å². The minimum atomic E-state index is -0.881. The number of benzene rings is 2. The molecule has 0 saturated heterocycles. The quantitative estimate of drug-likeness (QED) is 0.592. The molecule has 18 heavy (non-hydrogen) atoms. The van der Waals surface area contributed by atoms with Crippen molar-refractivity contribution in [3.05, 3.63) is 62.4 Å². The molecule has 2 aromatic rings. The van der Waals surface area contributed by atoms with Gasteiger partial charge in [0.1, 0.15) is 0 Å². The van der Waals surface area contributed by atoms with Gasteiger partial charge in [0, 0.05) is 21.7 Å². The Bertz CT molecular complexity index is 631. The standard InChI is InChI=1S/C12H6Cl2FNO2/c13-8-2-3-9(10(14)6-8)7-1-4-11(15)12(5-7)16(17)18/h1-6H. The summed E-state index contributed by atoms with van der Waals surface area (Å²) in [5.41, 5.74) is 0.437. The maximum atomic E-state index is 13.2. The summed E-state index contributed by atoms with van der Waals surface area (Å²) >= 11 is 11.7. The van der Waals surface area contributed by atoms with E-state index in [1.807, 2.05) is 0 Å². The highest BCUT2D eigenvalue weighted by Gasteiger charge is 2.16. The molecule has 6 heteroatoms. The van der Waals surface area contributed by atoms with Crippen LogP contribution in [-0.2, 0) is 0 Å². The molecule has 0 N–H and O–H groups in total. The van der Waals surface area contributed by atoms with Crippen molar-refractivity contribution in [2.75, 3.05) is 0 Å². The number of hydrogen-bond donors (Lipinski definition) is 0. The number of nitrogens with zero attached hydrogens (tertiary/aromatic N) is 1. The smallest absolute Gasteiger partial charge is 0.258 e. The SMILES string of the molecule is O=[N+]([O-])c1cc(-c2ccc(Cl)cc2Cl)ccc1F. The fourth-order valence-electron chi connectivity index (χ4n) is 1.54. The second-order valence-corrected chi connectivity index (χ2v) is 4.39. The van der Waals surface area contributed by atoms with Crippen molar-refractivity contribution in [1.82, 2.24) is 0 Å². The first kappa shape index (κ1) is 12.8. The van der Waals surface area contributed by atoms with Crippen molar-refractivity contribution >= 4 is 28.9 Å². The van der Waals surface area contributed by atoms with Gasteiger partial charge in [0.25, 0.3) is 0 Å². The molecule has 0 aliphatic rings. The van der Waals surface area contributed by atoms with Crippen molar-refractivity contribution in [3.8, 4) is 11.1 Å². The molecular weight excluding hydrogens is 280 g/mol. The highest BCUT2D eigenvalue weighted by atomic mass is 35.5. The Morgan fingerprint density at radius 3 is 2.44 bits per heavy atom. The fraction of sp³-hybridized carbons (Fsp3) is 0. The summed E-state index contributed by atoms with van der Waals surface area (Å²) in [6.07, 6.45) is 0. The van der Waals surface area contributed by atoms with Crippen molar-refractivity contribution in [3.63, 3.8) is 0 Å². The van der Waals surface area contributed by atoms with E-state index in [4.69, 9.17) is 23.2 Å². The summed E-state index contributed by atoms with van der Waals surface area (Å²) in [4.78, 5) is 9.88. The molecule has 92 valence electrons. The van der Waals surface area contributed by atoms with Crippen LogP contribution in [0.4, 0.5) is 10.1 Å². The Labute approximate surface area is 112 Å². The van der Waals surface area contributed by atoms with Crippen LogP contribution >= 0.6 is 23.2 Å². The van der Waals surface area contributed by atoms with E-state index in [2.05, 4.69) is 0 Å². The lowest BCUT2D eigenvalue weighted by molar-refractivity contribution is -0.387. The predicted octanol–water partition coefficient (Wildman–Crippen LogP) is 4.71. The van der Waals surface area contributed by atoms with Gasteiger partial charge in [-0.1, -0.05) is 35.3 Å². The van der Waals surface area contributed by atoms with Gasteiger partial charge in [-0.2, -0.15) is 4.39 Å². The lowest BCUT2D eigenvalue weighted by atomic mass is 10.0. The minimum Gasteiger partial charge on any atom is -0.258 e. The third-order valence-corrected chi connectivity index (χ3v) is 2.93. The first-order valence-electron chi connectivity index (χ1n) is 4.88. The predicted molar refractivity (Wildman–Crippen MR) is 68.5 cm³/mol. The van der Waals surface area contributed by atoms with Gasteiger partial charge in [0.2, 0.25) is 5.82 Å². The molecule has 0 aliphatic carbocycles. The summed E-state index contributed by atoms with van der Waals surface area (Å²) in [5, 5.41) is 11.5. The van der Waals surface area contributed by atoms with Crippen molar-refractivity contribution < 1.29 is 9.31 Å². The Hall–Kier alpha value is -1.65. The molecular formula is C12H6Cl2FNO2. The van der Waals surface area contributed by atoms with Gasteiger partial charge in [0.05, 0.1) is 4.92 Å². The van der Waals surface area contributed by atoms with Crippen molar-refractivity contribution in [2.45, 2.75) is 0 Å². The van der Waals surface area contributed by atoms with E-state index in [0.717, 1.165) is 12.1 Å². The number of halogens is 3. The molecule has 2 rings (SSSR count). The van der Waals surface area contributed by atoms with Gasteiger partial charge in [-0.25, -0.2) is 0 Å². The first-order chi connectivity index (χ1) is 8.49. The van der Waals surface area contributed by atoms with Crippen LogP contribution in [-0.4, -0.2) is 4.92 Å². The molecule has 2 aromatic carbocycles. The van der Waals surface area contributed by atoms with E-state index in [0.29, 0.717) is 21.2 Å². The van der Waals surface area contributed by atoms with Gasteiger partial charge < -0.3 is 0 Å². The topological polar surface area (TPSA) is 43.1 Å². The highest BCUT2D eigenvalue weighted by Crippen LogP contribution is 2.32. The van der Waals surface area contributed by atoms with Crippen LogP contribution < -0.4 is 0 Å². The second kappa shape index (κ2) is 4.92. The van der Waals surface area contributed by atoms with Crippen LogP contribution in [0.15, 0.2) is 36.4 Å². The first-order valence-corrected chi connectivity index (χ1v) is 5.64. The Balaban J connectivity index is 2.58. The summed E-state index contributed by atoms with van der Waals surface area (Å²) < 4.78 is 13.2. The van der Waals surface area contributed by atoms with Crippen LogP contribution in [0, 0.1) is 15.9 Å². The molecule has 0 bridgehead atoms. The number of nitro benzene ring substituents is 1. The summed E-state index contributed by atoms with van der Waals surface area (Å²) in [6.45, 7) is 0. The Morgan fingerprint density at radius 1 is 1.11 bits per heavy atom. The van der Waals surface area contributed by atoms with Gasteiger partial charge in [0.15, 0.2) is 0 Å². The van der Waals surface area contributed by atoms with E-state index in [-0.39, 0.29) is 0 Å². The van der Waals surface area contributed by atoms with E-state index >= 15 is 0 Å². The summed E-state index contributed by atoms with van der Waals surface area (Å²) in [7, 11) is 0. The normalized spacial score (nSPS) is 10.4. The molecule has 0 aliphatic heterocycles. The molecule has 0 unspecified atom stereocenters. The van der Waals surface area contributed by atoms with Gasteiger partial charge in [-0.05, 0) is 23.8 Å². The van der Waals surface area contributed by atoms with E-state index in [1.165, 1.54) is 12.1 Å². The van der Waals surface area contributed by atoms with E-state index in [1.54, 1.807) is 12.1 Å². The molecule has 0 fully saturated rings. The lowest BCUT2D eigenvalue weighted by Gasteiger charge is -2.05. The van der Waals surface area contributed by atoms with E-state index in [9.17, 15) is 14.5 Å². The molecule has 3 nitrogen and oxygen atoms in total. The molecule has 0 amide bonds. The molecule has 0 spiro atoms. The highest BCUT2D eigenvalue weighted by molar-refractivity contribution is 6.36. The molecule has 0 atom stereocenters. The van der Waals surface area contributed by atoms with Crippen molar-refractivity contribution in [1.29, 1.82) is 0 Å². The Kier molecular flexibility index (Phi) is 3.50. The monoisotopic (exact) mass is 285 g/mol. The average molecular weight is 286 g/mol. The van der Waals surface area contributed by atoms with Crippen LogP contribution in [0.3, 0.4) is 0 Å². The lowest BCUT2D eigenvalue weighted by Crippen LogP contribution is -1.93. The van der Waals surface area contributed by atoms with Crippen molar-refractivity contribution in [2.24, 2.45) is 0 Å². The summed E-state index contributed by atoms with van der Waals surface area (Å²) in [5.74, 6) is -0.881.